The summed E-state index contributed by atoms with van der Waals surface area (Å²) in [5.74, 6) is 1.29. The van der Waals surface area contributed by atoms with Crippen LogP contribution in [0.15, 0.2) is 71.2 Å². The summed E-state index contributed by atoms with van der Waals surface area (Å²) in [4.78, 5) is 29.6. The van der Waals surface area contributed by atoms with Crippen LogP contribution in [0.5, 0.6) is 17.2 Å². The molecule has 1 unspecified atom stereocenters. The van der Waals surface area contributed by atoms with Crippen molar-refractivity contribution in [2.45, 2.75) is 32.4 Å². The summed E-state index contributed by atoms with van der Waals surface area (Å²) in [6, 6.07) is 18.0. The molecule has 0 saturated carbocycles. The van der Waals surface area contributed by atoms with E-state index >= 15 is 0 Å². The van der Waals surface area contributed by atoms with Gasteiger partial charge in [0.25, 0.3) is 0 Å². The normalized spacial score (nSPS) is 15.5. The van der Waals surface area contributed by atoms with Crippen LogP contribution in [0.4, 0.5) is 19.7 Å². The third-order valence-electron chi connectivity index (χ3n) is 6.00. The van der Waals surface area contributed by atoms with E-state index in [1.165, 1.54) is 12.1 Å². The van der Waals surface area contributed by atoms with E-state index in [2.05, 4.69) is 21.2 Å². The predicted octanol–water partition coefficient (Wildman–Crippen LogP) is 7.22. The highest BCUT2D eigenvalue weighted by Crippen LogP contribution is 2.31. The molecule has 1 aliphatic heterocycles. The largest absolute Gasteiger partial charge is 0.497 e. The quantitative estimate of drug-likeness (QED) is 0.335. The summed E-state index contributed by atoms with van der Waals surface area (Å²) in [6.07, 6.45) is -0.417. The van der Waals surface area contributed by atoms with E-state index < -0.39 is 17.7 Å². The van der Waals surface area contributed by atoms with Crippen molar-refractivity contribution in [3.63, 3.8) is 0 Å². The number of amides is 3. The molecular formula is C29H31BrFN3O5. The number of nitrogens with zero attached hydrogens (tertiary/aromatic N) is 2. The number of nitrogens with one attached hydrogen (secondary N) is 1. The van der Waals surface area contributed by atoms with Crippen molar-refractivity contribution in [2.75, 3.05) is 32.1 Å². The lowest BCUT2D eigenvalue weighted by Crippen LogP contribution is -2.54. The van der Waals surface area contributed by atoms with Crippen LogP contribution in [-0.4, -0.2) is 54.3 Å². The molecule has 4 rings (SSSR count). The highest BCUT2D eigenvalue weighted by atomic mass is 79.9. The third-order valence-corrected chi connectivity index (χ3v) is 6.61. The lowest BCUT2D eigenvalue weighted by molar-refractivity contribution is 0.00955. The van der Waals surface area contributed by atoms with E-state index in [1.54, 1.807) is 47.2 Å². The average Bonchev–Trinajstić information content (AvgIpc) is 2.90. The molecule has 3 aromatic rings. The first kappa shape index (κ1) is 28.2. The van der Waals surface area contributed by atoms with Crippen molar-refractivity contribution in [2.24, 2.45) is 0 Å². The Hall–Kier alpha value is -3.79. The van der Waals surface area contributed by atoms with E-state index in [0.29, 0.717) is 40.5 Å². The third kappa shape index (κ3) is 7.41. The van der Waals surface area contributed by atoms with E-state index in [-0.39, 0.29) is 18.4 Å². The standard InChI is InChI=1S/C29H31BrFN3O5/c1-29(2,3)39-28(36)33-14-15-34(26(18-33)19-6-5-7-22(16-19)37-4)27(35)32-20-8-10-21(11-9-20)38-23-12-13-25(31)24(30)17-23/h5-13,16-17,26H,14-15,18H2,1-4H3,(H,32,35). The van der Waals surface area contributed by atoms with Gasteiger partial charge in [0.05, 0.1) is 17.6 Å². The second-order valence-electron chi connectivity index (χ2n) is 10.0. The number of rotatable bonds is 5. The summed E-state index contributed by atoms with van der Waals surface area (Å²) < 4.78 is 30.5. The van der Waals surface area contributed by atoms with Crippen LogP contribution in [0, 0.1) is 5.82 Å². The second-order valence-corrected chi connectivity index (χ2v) is 10.9. The average molecular weight is 600 g/mol. The van der Waals surface area contributed by atoms with Gasteiger partial charge in [-0.05, 0) is 96.9 Å². The predicted molar refractivity (Wildman–Crippen MR) is 150 cm³/mol. The van der Waals surface area contributed by atoms with Crippen molar-refractivity contribution < 1.29 is 28.2 Å². The minimum absolute atomic E-state index is 0.273. The van der Waals surface area contributed by atoms with Crippen LogP contribution in [0.1, 0.15) is 32.4 Å². The zero-order valence-corrected chi connectivity index (χ0v) is 23.8. The Balaban J connectivity index is 1.48. The topological polar surface area (TPSA) is 80.3 Å². The fraction of sp³-hybridized carbons (Fsp3) is 0.310. The summed E-state index contributed by atoms with van der Waals surface area (Å²) in [5, 5.41) is 2.94. The van der Waals surface area contributed by atoms with Gasteiger partial charge in [-0.25, -0.2) is 14.0 Å². The molecule has 3 aromatic carbocycles. The van der Waals surface area contributed by atoms with Gasteiger partial charge in [0, 0.05) is 25.3 Å². The van der Waals surface area contributed by atoms with Crippen LogP contribution in [-0.2, 0) is 4.74 Å². The van der Waals surface area contributed by atoms with Crippen molar-refractivity contribution in [3.05, 3.63) is 82.6 Å². The molecule has 1 heterocycles. The second kappa shape index (κ2) is 11.9. The molecule has 0 spiro atoms. The molecule has 3 amide bonds. The minimum atomic E-state index is -0.625. The first-order valence-electron chi connectivity index (χ1n) is 12.4. The van der Waals surface area contributed by atoms with Gasteiger partial charge >= 0.3 is 12.1 Å². The number of carbonyl (C=O) groups is 2. The van der Waals surface area contributed by atoms with E-state index in [9.17, 15) is 14.0 Å². The molecule has 1 saturated heterocycles. The number of piperazine rings is 1. The highest BCUT2D eigenvalue weighted by molar-refractivity contribution is 9.10. The van der Waals surface area contributed by atoms with Crippen LogP contribution in [0.25, 0.3) is 0 Å². The lowest BCUT2D eigenvalue weighted by atomic mass is 10.0. The maximum Gasteiger partial charge on any atom is 0.410 e. The Kier molecular flexibility index (Phi) is 8.64. The Bertz CT molecular complexity index is 1330. The zero-order valence-electron chi connectivity index (χ0n) is 22.2. The number of ether oxygens (including phenoxy) is 3. The maximum atomic E-state index is 13.5. The SMILES string of the molecule is COc1cccc(C2CN(C(=O)OC(C)(C)C)CCN2C(=O)Nc2ccc(Oc3ccc(F)c(Br)c3)cc2)c1. The highest BCUT2D eigenvalue weighted by Gasteiger charge is 2.35. The van der Waals surface area contributed by atoms with Gasteiger partial charge in [-0.15, -0.1) is 0 Å². The number of halogens is 2. The van der Waals surface area contributed by atoms with Crippen LogP contribution < -0.4 is 14.8 Å². The van der Waals surface area contributed by atoms with Gasteiger partial charge in [-0.3, -0.25) is 0 Å². The van der Waals surface area contributed by atoms with Crippen LogP contribution in [0.3, 0.4) is 0 Å². The summed E-state index contributed by atoms with van der Waals surface area (Å²) in [7, 11) is 1.58. The Labute approximate surface area is 235 Å². The molecular weight excluding hydrogens is 569 g/mol. The van der Waals surface area contributed by atoms with Gasteiger partial charge in [-0.2, -0.15) is 0 Å². The molecule has 0 bridgehead atoms. The summed E-state index contributed by atoms with van der Waals surface area (Å²) in [5.41, 5.74) is 0.790. The Morgan fingerprint density at radius 2 is 1.69 bits per heavy atom. The number of hydrogen-bond donors (Lipinski definition) is 1. The van der Waals surface area contributed by atoms with Crippen molar-refractivity contribution in [1.82, 2.24) is 9.80 Å². The number of anilines is 1. The van der Waals surface area contributed by atoms with Crippen LogP contribution in [0.2, 0.25) is 0 Å². The van der Waals surface area contributed by atoms with Gasteiger partial charge in [-0.1, -0.05) is 12.1 Å². The van der Waals surface area contributed by atoms with E-state index in [4.69, 9.17) is 14.2 Å². The van der Waals surface area contributed by atoms with Crippen molar-refractivity contribution in [3.8, 4) is 17.2 Å². The smallest absolute Gasteiger partial charge is 0.410 e. The van der Waals surface area contributed by atoms with Gasteiger partial charge in [0.1, 0.15) is 28.7 Å². The Morgan fingerprint density at radius 3 is 2.36 bits per heavy atom. The van der Waals surface area contributed by atoms with Crippen LogP contribution >= 0.6 is 15.9 Å². The number of hydrogen-bond acceptors (Lipinski definition) is 5. The summed E-state index contributed by atoms with van der Waals surface area (Å²) >= 11 is 3.15. The fourth-order valence-electron chi connectivity index (χ4n) is 4.13. The Morgan fingerprint density at radius 1 is 0.974 bits per heavy atom. The first-order chi connectivity index (χ1) is 18.5. The molecule has 10 heteroatoms. The van der Waals surface area contributed by atoms with Gasteiger partial charge in [0.2, 0.25) is 0 Å². The molecule has 39 heavy (non-hydrogen) atoms. The van der Waals surface area contributed by atoms with Crippen molar-refractivity contribution in [1.29, 1.82) is 0 Å². The van der Waals surface area contributed by atoms with E-state index in [0.717, 1.165) is 5.56 Å². The molecule has 0 aromatic heterocycles. The molecule has 1 fully saturated rings. The lowest BCUT2D eigenvalue weighted by Gasteiger charge is -2.41. The van der Waals surface area contributed by atoms with E-state index in [1.807, 2.05) is 45.0 Å². The molecule has 0 aliphatic carbocycles. The first-order valence-corrected chi connectivity index (χ1v) is 13.2. The number of methoxy groups -OCH3 is 1. The molecule has 1 atom stereocenters. The number of carbonyl (C=O) groups excluding carboxylic acids is 2. The maximum absolute atomic E-state index is 13.5. The van der Waals surface area contributed by atoms with Crippen molar-refractivity contribution >= 4 is 33.7 Å². The molecule has 206 valence electrons. The monoisotopic (exact) mass is 599 g/mol. The molecule has 1 aliphatic rings. The number of urea groups is 1. The van der Waals surface area contributed by atoms with Gasteiger partial charge in [0.15, 0.2) is 0 Å². The minimum Gasteiger partial charge on any atom is -0.497 e. The number of benzene rings is 3. The summed E-state index contributed by atoms with van der Waals surface area (Å²) in [6.45, 7) is 6.39. The fourth-order valence-corrected chi connectivity index (χ4v) is 4.49. The molecule has 0 radical (unpaired) electrons. The zero-order chi connectivity index (χ0) is 28.2. The molecule has 1 N–H and O–H groups in total. The molecule has 8 nitrogen and oxygen atoms in total. The van der Waals surface area contributed by atoms with Gasteiger partial charge < -0.3 is 29.3 Å².